The van der Waals surface area contributed by atoms with Crippen molar-refractivity contribution in [1.82, 2.24) is 5.32 Å². The van der Waals surface area contributed by atoms with Gasteiger partial charge in [-0.05, 0) is 69.9 Å². The Hall–Kier alpha value is -0.0800. The van der Waals surface area contributed by atoms with Gasteiger partial charge in [-0.1, -0.05) is 19.3 Å². The maximum atomic E-state index is 6.20. The quantitative estimate of drug-likeness (QED) is 0.830. The standard InChI is InChI=1S/C16H29NO/c1-17-12-14-5-4-6-15(14)13-7-10-18-16(11-13)8-2-3-9-16/h13-15,17H,2-12H2,1H3. The number of ether oxygens (including phenoxy) is 1. The molecule has 2 heteroatoms. The van der Waals surface area contributed by atoms with E-state index in [4.69, 9.17) is 4.74 Å². The molecule has 3 aliphatic rings. The van der Waals surface area contributed by atoms with Crippen LogP contribution in [0.2, 0.25) is 0 Å². The fraction of sp³-hybridized carbons (Fsp3) is 1.00. The molecule has 0 bridgehead atoms. The van der Waals surface area contributed by atoms with Crippen LogP contribution in [-0.2, 0) is 4.74 Å². The third kappa shape index (κ3) is 2.46. The van der Waals surface area contributed by atoms with E-state index in [0.29, 0.717) is 5.60 Å². The largest absolute Gasteiger partial charge is 0.375 e. The van der Waals surface area contributed by atoms with Gasteiger partial charge in [0.1, 0.15) is 0 Å². The zero-order chi connectivity index (χ0) is 12.4. The lowest BCUT2D eigenvalue weighted by molar-refractivity contribution is -0.104. The van der Waals surface area contributed by atoms with Gasteiger partial charge in [0.25, 0.3) is 0 Å². The van der Waals surface area contributed by atoms with E-state index in [0.717, 1.165) is 24.4 Å². The van der Waals surface area contributed by atoms with Crippen LogP contribution in [0.5, 0.6) is 0 Å². The van der Waals surface area contributed by atoms with E-state index in [1.807, 2.05) is 0 Å². The minimum Gasteiger partial charge on any atom is -0.375 e. The monoisotopic (exact) mass is 251 g/mol. The Labute approximate surface area is 112 Å². The van der Waals surface area contributed by atoms with Gasteiger partial charge in [0.15, 0.2) is 0 Å². The normalized spacial score (nSPS) is 39.5. The van der Waals surface area contributed by atoms with Gasteiger partial charge < -0.3 is 10.1 Å². The molecule has 0 radical (unpaired) electrons. The molecule has 3 atom stereocenters. The van der Waals surface area contributed by atoms with Crippen LogP contribution in [0, 0.1) is 17.8 Å². The van der Waals surface area contributed by atoms with Gasteiger partial charge >= 0.3 is 0 Å². The highest BCUT2D eigenvalue weighted by Crippen LogP contribution is 2.48. The fourth-order valence-electron chi connectivity index (χ4n) is 5.00. The van der Waals surface area contributed by atoms with Crippen LogP contribution in [0.1, 0.15) is 57.8 Å². The summed E-state index contributed by atoms with van der Waals surface area (Å²) in [5, 5.41) is 3.41. The molecule has 2 saturated carbocycles. The Kier molecular flexibility index (Phi) is 3.95. The van der Waals surface area contributed by atoms with Crippen LogP contribution in [0.25, 0.3) is 0 Å². The lowest BCUT2D eigenvalue weighted by Crippen LogP contribution is -2.41. The number of hydrogen-bond donors (Lipinski definition) is 1. The summed E-state index contributed by atoms with van der Waals surface area (Å²) < 4.78 is 6.20. The Morgan fingerprint density at radius 1 is 1.11 bits per heavy atom. The third-order valence-corrected chi connectivity index (χ3v) is 5.84. The van der Waals surface area contributed by atoms with E-state index in [1.54, 1.807) is 0 Å². The predicted molar refractivity (Wildman–Crippen MR) is 74.6 cm³/mol. The molecule has 1 spiro atoms. The first-order valence-electron chi connectivity index (χ1n) is 8.11. The minimum absolute atomic E-state index is 0.315. The third-order valence-electron chi connectivity index (χ3n) is 5.84. The molecule has 104 valence electrons. The lowest BCUT2D eigenvalue weighted by atomic mass is 9.74. The second-order valence-electron chi connectivity index (χ2n) is 6.90. The van der Waals surface area contributed by atoms with Crippen molar-refractivity contribution in [3.05, 3.63) is 0 Å². The molecule has 2 aliphatic carbocycles. The van der Waals surface area contributed by atoms with E-state index >= 15 is 0 Å². The number of nitrogens with one attached hydrogen (secondary N) is 1. The van der Waals surface area contributed by atoms with Crippen LogP contribution in [0.15, 0.2) is 0 Å². The summed E-state index contributed by atoms with van der Waals surface area (Å²) in [6.07, 6.45) is 12.6. The smallest absolute Gasteiger partial charge is 0.0685 e. The first-order valence-corrected chi connectivity index (χ1v) is 8.11. The summed E-state index contributed by atoms with van der Waals surface area (Å²) >= 11 is 0. The average Bonchev–Trinajstić information content (AvgIpc) is 3.00. The van der Waals surface area contributed by atoms with Crippen LogP contribution in [-0.4, -0.2) is 25.8 Å². The highest BCUT2D eigenvalue weighted by Gasteiger charge is 2.44. The van der Waals surface area contributed by atoms with E-state index < -0.39 is 0 Å². The van der Waals surface area contributed by atoms with Gasteiger partial charge in [0, 0.05) is 6.61 Å². The summed E-state index contributed by atoms with van der Waals surface area (Å²) in [7, 11) is 2.11. The van der Waals surface area contributed by atoms with Crippen molar-refractivity contribution in [2.45, 2.75) is 63.4 Å². The zero-order valence-corrected chi connectivity index (χ0v) is 11.9. The van der Waals surface area contributed by atoms with Crippen molar-refractivity contribution in [3.63, 3.8) is 0 Å². The predicted octanol–water partition coefficient (Wildman–Crippen LogP) is 3.36. The highest BCUT2D eigenvalue weighted by atomic mass is 16.5. The molecule has 0 aromatic carbocycles. The van der Waals surface area contributed by atoms with Crippen molar-refractivity contribution < 1.29 is 4.74 Å². The first kappa shape index (κ1) is 12.9. The molecule has 0 amide bonds. The fourth-order valence-corrected chi connectivity index (χ4v) is 5.00. The average molecular weight is 251 g/mol. The second-order valence-corrected chi connectivity index (χ2v) is 6.90. The summed E-state index contributed by atoms with van der Waals surface area (Å²) in [5.41, 5.74) is 0.315. The van der Waals surface area contributed by atoms with E-state index in [-0.39, 0.29) is 0 Å². The molecular weight excluding hydrogens is 222 g/mol. The SMILES string of the molecule is CNCC1CCCC1C1CCOC2(CCCC2)C1. The van der Waals surface area contributed by atoms with Crippen LogP contribution < -0.4 is 5.32 Å². The van der Waals surface area contributed by atoms with Crippen molar-refractivity contribution in [2.75, 3.05) is 20.2 Å². The Morgan fingerprint density at radius 3 is 2.72 bits per heavy atom. The van der Waals surface area contributed by atoms with E-state index in [2.05, 4.69) is 12.4 Å². The summed E-state index contributed by atoms with van der Waals surface area (Å²) in [6, 6.07) is 0. The molecule has 1 aliphatic heterocycles. The highest BCUT2D eigenvalue weighted by molar-refractivity contribution is 4.95. The van der Waals surface area contributed by atoms with Crippen molar-refractivity contribution in [2.24, 2.45) is 17.8 Å². The Balaban J connectivity index is 1.64. The van der Waals surface area contributed by atoms with Gasteiger partial charge in [-0.2, -0.15) is 0 Å². The molecule has 1 heterocycles. The van der Waals surface area contributed by atoms with Gasteiger partial charge in [-0.3, -0.25) is 0 Å². The van der Waals surface area contributed by atoms with E-state index in [1.165, 1.54) is 64.3 Å². The molecule has 3 rings (SSSR count). The molecule has 2 nitrogen and oxygen atoms in total. The minimum atomic E-state index is 0.315. The molecule has 0 aromatic heterocycles. The summed E-state index contributed by atoms with van der Waals surface area (Å²) in [6.45, 7) is 2.27. The van der Waals surface area contributed by atoms with Gasteiger partial charge in [-0.15, -0.1) is 0 Å². The maximum Gasteiger partial charge on any atom is 0.0685 e. The molecule has 18 heavy (non-hydrogen) atoms. The van der Waals surface area contributed by atoms with Crippen LogP contribution in [0.4, 0.5) is 0 Å². The maximum absolute atomic E-state index is 6.20. The molecule has 3 unspecified atom stereocenters. The summed E-state index contributed by atoms with van der Waals surface area (Å²) in [5.74, 6) is 2.88. The summed E-state index contributed by atoms with van der Waals surface area (Å²) in [4.78, 5) is 0. The Morgan fingerprint density at radius 2 is 1.94 bits per heavy atom. The van der Waals surface area contributed by atoms with Gasteiger partial charge in [0.2, 0.25) is 0 Å². The van der Waals surface area contributed by atoms with Crippen LogP contribution >= 0.6 is 0 Å². The van der Waals surface area contributed by atoms with Gasteiger partial charge in [-0.25, -0.2) is 0 Å². The van der Waals surface area contributed by atoms with E-state index in [9.17, 15) is 0 Å². The first-order chi connectivity index (χ1) is 8.83. The lowest BCUT2D eigenvalue weighted by Gasteiger charge is -2.42. The number of rotatable bonds is 3. The number of hydrogen-bond acceptors (Lipinski definition) is 2. The van der Waals surface area contributed by atoms with Gasteiger partial charge in [0.05, 0.1) is 5.60 Å². The van der Waals surface area contributed by atoms with Crippen molar-refractivity contribution >= 4 is 0 Å². The van der Waals surface area contributed by atoms with Crippen molar-refractivity contribution in [3.8, 4) is 0 Å². The van der Waals surface area contributed by atoms with Crippen molar-refractivity contribution in [1.29, 1.82) is 0 Å². The molecule has 1 N–H and O–H groups in total. The van der Waals surface area contributed by atoms with Crippen LogP contribution in [0.3, 0.4) is 0 Å². The molecule has 0 aromatic rings. The molecule has 1 saturated heterocycles. The Bertz CT molecular complexity index is 272. The topological polar surface area (TPSA) is 21.3 Å². The second kappa shape index (κ2) is 5.50. The molecule has 3 fully saturated rings. The molecular formula is C16H29NO. The zero-order valence-electron chi connectivity index (χ0n) is 11.9.